The van der Waals surface area contributed by atoms with Crippen molar-refractivity contribution in [3.63, 3.8) is 0 Å². The molecule has 1 saturated heterocycles. The summed E-state index contributed by atoms with van der Waals surface area (Å²) in [5.74, 6) is -0.274. The van der Waals surface area contributed by atoms with Crippen molar-refractivity contribution in [1.29, 1.82) is 0 Å². The number of carbonyl (C=O) groups excluding carboxylic acids is 1. The number of amides is 1. The van der Waals surface area contributed by atoms with E-state index in [0.29, 0.717) is 18.2 Å². The molecule has 1 unspecified atom stereocenters. The Bertz CT molecular complexity index is 430. The molecule has 0 saturated carbocycles. The lowest BCUT2D eigenvalue weighted by Crippen LogP contribution is -2.35. The van der Waals surface area contributed by atoms with Crippen LogP contribution in [0.25, 0.3) is 0 Å². The Morgan fingerprint density at radius 1 is 1.47 bits per heavy atom. The van der Waals surface area contributed by atoms with Gasteiger partial charge in [0, 0.05) is 25.2 Å². The van der Waals surface area contributed by atoms with Gasteiger partial charge in [-0.2, -0.15) is 0 Å². The van der Waals surface area contributed by atoms with Crippen LogP contribution in [0.5, 0.6) is 0 Å². The maximum atomic E-state index is 13.1. The molecule has 4 heteroatoms. The van der Waals surface area contributed by atoms with Gasteiger partial charge in [-0.25, -0.2) is 4.39 Å². The topological polar surface area (TPSA) is 32.3 Å². The molecule has 1 aromatic rings. The molecule has 1 N–H and O–H groups in total. The van der Waals surface area contributed by atoms with Crippen molar-refractivity contribution in [2.75, 3.05) is 18.5 Å². The molecule has 1 aromatic carbocycles. The second-order valence-electron chi connectivity index (χ2n) is 5.12. The molecule has 3 nitrogen and oxygen atoms in total. The maximum absolute atomic E-state index is 13.1. The summed E-state index contributed by atoms with van der Waals surface area (Å²) in [6.45, 7) is 1.05. The van der Waals surface area contributed by atoms with E-state index < -0.39 is 0 Å². The van der Waals surface area contributed by atoms with E-state index in [1.165, 1.54) is 29.9 Å². The van der Waals surface area contributed by atoms with Gasteiger partial charge < -0.3 is 10.2 Å². The van der Waals surface area contributed by atoms with Crippen LogP contribution in [-0.4, -0.2) is 25.5 Å². The number of carbonyl (C=O) groups is 1. The summed E-state index contributed by atoms with van der Waals surface area (Å²) < 4.78 is 13.1. The number of hydrogen-bond acceptors (Lipinski definition) is 2. The highest BCUT2D eigenvalue weighted by molar-refractivity contribution is 5.92. The lowest BCUT2D eigenvalue weighted by Gasteiger charge is -2.24. The molecular formula is C15H21FN2O. The number of nitrogens with one attached hydrogen (secondary N) is 1. The van der Waals surface area contributed by atoms with Gasteiger partial charge in [0.1, 0.15) is 5.82 Å². The van der Waals surface area contributed by atoms with E-state index in [1.807, 2.05) is 0 Å². The molecule has 1 aliphatic heterocycles. The van der Waals surface area contributed by atoms with Crippen molar-refractivity contribution in [1.82, 2.24) is 5.32 Å². The van der Waals surface area contributed by atoms with Crippen LogP contribution in [0.4, 0.5) is 10.1 Å². The quantitative estimate of drug-likeness (QED) is 0.907. The minimum Gasteiger partial charge on any atom is -0.315 e. The van der Waals surface area contributed by atoms with Crippen molar-refractivity contribution in [2.45, 2.75) is 38.1 Å². The zero-order chi connectivity index (χ0) is 13.7. The number of rotatable bonds is 4. The minimum absolute atomic E-state index is 0.0398. The third-order valence-corrected chi connectivity index (χ3v) is 3.69. The molecule has 1 heterocycles. The van der Waals surface area contributed by atoms with Crippen LogP contribution >= 0.6 is 0 Å². The van der Waals surface area contributed by atoms with Crippen LogP contribution in [0.1, 0.15) is 32.1 Å². The van der Waals surface area contributed by atoms with Gasteiger partial charge in [-0.05, 0) is 44.0 Å². The first-order chi connectivity index (χ1) is 9.16. The number of halogens is 1. The third-order valence-electron chi connectivity index (χ3n) is 3.69. The highest BCUT2D eigenvalue weighted by Crippen LogP contribution is 2.17. The first kappa shape index (κ1) is 14.0. The van der Waals surface area contributed by atoms with E-state index in [9.17, 15) is 9.18 Å². The Kier molecular flexibility index (Phi) is 4.91. The fourth-order valence-corrected chi connectivity index (χ4v) is 2.46. The second kappa shape index (κ2) is 6.66. The van der Waals surface area contributed by atoms with Gasteiger partial charge in [-0.15, -0.1) is 0 Å². The van der Waals surface area contributed by atoms with Crippen LogP contribution in [0.2, 0.25) is 0 Å². The fraction of sp³-hybridized carbons (Fsp3) is 0.533. The summed E-state index contributed by atoms with van der Waals surface area (Å²) in [6, 6.07) is 6.60. The lowest BCUT2D eigenvalue weighted by molar-refractivity contribution is -0.118. The first-order valence-electron chi connectivity index (χ1n) is 6.92. The fourth-order valence-electron chi connectivity index (χ4n) is 2.46. The average molecular weight is 264 g/mol. The normalized spacial score (nSPS) is 19.2. The molecule has 1 atom stereocenters. The number of benzene rings is 1. The SMILES string of the molecule is CN(C(=O)CCC1CCCCN1)c1cccc(F)c1. The van der Waals surface area contributed by atoms with E-state index >= 15 is 0 Å². The lowest BCUT2D eigenvalue weighted by atomic mass is 10.0. The molecule has 0 aliphatic carbocycles. The molecular weight excluding hydrogens is 243 g/mol. The molecule has 1 aliphatic rings. The maximum Gasteiger partial charge on any atom is 0.226 e. The summed E-state index contributed by atoms with van der Waals surface area (Å²) in [4.78, 5) is 13.6. The Morgan fingerprint density at radius 2 is 2.32 bits per heavy atom. The van der Waals surface area contributed by atoms with Crippen LogP contribution < -0.4 is 10.2 Å². The van der Waals surface area contributed by atoms with E-state index in [-0.39, 0.29) is 11.7 Å². The Balaban J connectivity index is 1.85. The number of anilines is 1. The predicted molar refractivity (Wildman–Crippen MR) is 74.7 cm³/mol. The second-order valence-corrected chi connectivity index (χ2v) is 5.12. The van der Waals surface area contributed by atoms with Gasteiger partial charge in [-0.3, -0.25) is 4.79 Å². The summed E-state index contributed by atoms with van der Waals surface area (Å²) in [6.07, 6.45) is 4.99. The van der Waals surface area contributed by atoms with Crippen molar-refractivity contribution in [3.05, 3.63) is 30.1 Å². The predicted octanol–water partition coefficient (Wildman–Crippen LogP) is 2.71. The van der Waals surface area contributed by atoms with Crippen molar-refractivity contribution in [2.24, 2.45) is 0 Å². The Morgan fingerprint density at radius 3 is 3.00 bits per heavy atom. The van der Waals surface area contributed by atoms with Crippen LogP contribution in [0.3, 0.4) is 0 Å². The zero-order valence-corrected chi connectivity index (χ0v) is 11.4. The highest BCUT2D eigenvalue weighted by atomic mass is 19.1. The van der Waals surface area contributed by atoms with Crippen LogP contribution in [0.15, 0.2) is 24.3 Å². The summed E-state index contributed by atoms with van der Waals surface area (Å²) in [5.41, 5.74) is 0.613. The van der Waals surface area contributed by atoms with Gasteiger partial charge in [-0.1, -0.05) is 12.5 Å². The van der Waals surface area contributed by atoms with Gasteiger partial charge in [0.25, 0.3) is 0 Å². The molecule has 2 rings (SSSR count). The molecule has 0 aromatic heterocycles. The van der Waals surface area contributed by atoms with E-state index in [0.717, 1.165) is 19.4 Å². The summed E-state index contributed by atoms with van der Waals surface area (Å²) in [7, 11) is 1.70. The zero-order valence-electron chi connectivity index (χ0n) is 11.4. The number of hydrogen-bond donors (Lipinski definition) is 1. The first-order valence-corrected chi connectivity index (χ1v) is 6.92. The van der Waals surface area contributed by atoms with Gasteiger partial charge in [0.15, 0.2) is 0 Å². The molecule has 19 heavy (non-hydrogen) atoms. The van der Waals surface area contributed by atoms with Crippen LogP contribution in [-0.2, 0) is 4.79 Å². The van der Waals surface area contributed by atoms with Gasteiger partial charge in [0.05, 0.1) is 0 Å². The molecule has 0 spiro atoms. The monoisotopic (exact) mass is 264 g/mol. The summed E-state index contributed by atoms with van der Waals surface area (Å²) in [5, 5.41) is 3.43. The van der Waals surface area contributed by atoms with Crippen molar-refractivity contribution in [3.8, 4) is 0 Å². The van der Waals surface area contributed by atoms with Gasteiger partial charge >= 0.3 is 0 Å². The number of piperidine rings is 1. The van der Waals surface area contributed by atoms with Crippen molar-refractivity contribution >= 4 is 11.6 Å². The Labute approximate surface area is 113 Å². The average Bonchev–Trinajstić information content (AvgIpc) is 2.45. The molecule has 1 amide bonds. The van der Waals surface area contributed by atoms with Crippen LogP contribution in [0, 0.1) is 5.82 Å². The van der Waals surface area contributed by atoms with E-state index in [2.05, 4.69) is 5.32 Å². The highest BCUT2D eigenvalue weighted by Gasteiger charge is 2.16. The Hall–Kier alpha value is -1.42. The van der Waals surface area contributed by atoms with E-state index in [4.69, 9.17) is 0 Å². The molecule has 104 valence electrons. The molecule has 1 fully saturated rings. The summed E-state index contributed by atoms with van der Waals surface area (Å²) >= 11 is 0. The largest absolute Gasteiger partial charge is 0.315 e. The number of nitrogens with zero attached hydrogens (tertiary/aromatic N) is 1. The molecule has 0 radical (unpaired) electrons. The third kappa shape index (κ3) is 4.03. The van der Waals surface area contributed by atoms with E-state index in [1.54, 1.807) is 19.2 Å². The van der Waals surface area contributed by atoms with Gasteiger partial charge in [0.2, 0.25) is 5.91 Å². The smallest absolute Gasteiger partial charge is 0.226 e. The standard InChI is InChI=1S/C15H21FN2O/c1-18(14-7-4-5-12(16)11-14)15(19)9-8-13-6-2-3-10-17-13/h4-5,7,11,13,17H,2-3,6,8-10H2,1H3. The van der Waals surface area contributed by atoms with Crippen molar-refractivity contribution < 1.29 is 9.18 Å². The minimum atomic E-state index is -0.314. The molecule has 0 bridgehead atoms.